The number of hydrogen-bond acceptors (Lipinski definition) is 2. The summed E-state index contributed by atoms with van der Waals surface area (Å²) >= 11 is 0. The Kier molecular flexibility index (Phi) is 2.54. The summed E-state index contributed by atoms with van der Waals surface area (Å²) in [5.74, 6) is -1.25. The number of carbonyl (C=O) groups is 2. The monoisotopic (exact) mass is 204 g/mol. The minimum Gasteiger partial charge on any atom is -0.481 e. The van der Waals surface area contributed by atoms with Crippen LogP contribution in [0.1, 0.15) is 28.8 Å². The molecule has 78 valence electrons. The zero-order valence-corrected chi connectivity index (χ0v) is 8.27. The van der Waals surface area contributed by atoms with Crippen LogP contribution in [0.25, 0.3) is 0 Å². The van der Waals surface area contributed by atoms with E-state index in [-0.39, 0.29) is 18.1 Å². The molecule has 0 aromatic heterocycles. The van der Waals surface area contributed by atoms with E-state index in [4.69, 9.17) is 5.11 Å². The van der Waals surface area contributed by atoms with E-state index < -0.39 is 5.97 Å². The standard InChI is InChI=1S/C12H12O3/c13-11(14)7-9-6-5-8-3-1-2-4-10(8)12(9)15/h1-4,9H,5-7H2,(H,13,14). The second kappa shape index (κ2) is 3.85. The lowest BCUT2D eigenvalue weighted by Gasteiger charge is -2.21. The number of aryl methyl sites for hydroxylation is 1. The molecule has 0 spiro atoms. The Balaban J connectivity index is 2.26. The number of carbonyl (C=O) groups excluding carboxylic acids is 1. The molecule has 0 amide bonds. The molecule has 0 radical (unpaired) electrons. The molecule has 0 saturated heterocycles. The zero-order chi connectivity index (χ0) is 10.8. The lowest BCUT2D eigenvalue weighted by atomic mass is 9.81. The van der Waals surface area contributed by atoms with E-state index in [1.54, 1.807) is 6.07 Å². The van der Waals surface area contributed by atoms with Gasteiger partial charge in [0.2, 0.25) is 0 Å². The van der Waals surface area contributed by atoms with Gasteiger partial charge in [-0.1, -0.05) is 24.3 Å². The number of hydrogen-bond donors (Lipinski definition) is 1. The van der Waals surface area contributed by atoms with Crippen LogP contribution in [0.4, 0.5) is 0 Å². The predicted octanol–water partition coefficient (Wildman–Crippen LogP) is 1.91. The van der Waals surface area contributed by atoms with E-state index >= 15 is 0 Å². The van der Waals surface area contributed by atoms with Crippen molar-refractivity contribution < 1.29 is 14.7 Å². The SMILES string of the molecule is O=C(O)CC1CCc2ccccc2C1=O. The Morgan fingerprint density at radius 3 is 2.87 bits per heavy atom. The van der Waals surface area contributed by atoms with E-state index in [1.807, 2.05) is 18.2 Å². The molecule has 1 N–H and O–H groups in total. The highest BCUT2D eigenvalue weighted by Gasteiger charge is 2.28. The maximum atomic E-state index is 11.9. The van der Waals surface area contributed by atoms with E-state index in [1.165, 1.54) is 0 Å². The molecule has 3 nitrogen and oxygen atoms in total. The van der Waals surface area contributed by atoms with Gasteiger partial charge in [-0.05, 0) is 18.4 Å². The molecular formula is C12H12O3. The largest absolute Gasteiger partial charge is 0.481 e. The van der Waals surface area contributed by atoms with Crippen LogP contribution in [0.5, 0.6) is 0 Å². The lowest BCUT2D eigenvalue weighted by Crippen LogP contribution is -2.24. The van der Waals surface area contributed by atoms with Crippen LogP contribution in [-0.4, -0.2) is 16.9 Å². The highest BCUT2D eigenvalue weighted by molar-refractivity contribution is 6.01. The summed E-state index contributed by atoms with van der Waals surface area (Å²) in [4.78, 5) is 22.5. The lowest BCUT2D eigenvalue weighted by molar-refractivity contribution is -0.137. The van der Waals surface area contributed by atoms with Gasteiger partial charge in [0, 0.05) is 11.5 Å². The summed E-state index contributed by atoms with van der Waals surface area (Å²) in [5.41, 5.74) is 1.75. The first-order chi connectivity index (χ1) is 7.18. The molecule has 1 aromatic carbocycles. The molecule has 1 unspecified atom stereocenters. The number of carboxylic acids is 1. The quantitative estimate of drug-likeness (QED) is 0.800. The third-order valence-corrected chi connectivity index (χ3v) is 2.84. The van der Waals surface area contributed by atoms with Gasteiger partial charge in [0.1, 0.15) is 0 Å². The number of fused-ring (bicyclic) bond motifs is 1. The van der Waals surface area contributed by atoms with Crippen LogP contribution in [0, 0.1) is 5.92 Å². The van der Waals surface area contributed by atoms with E-state index in [0.29, 0.717) is 12.0 Å². The van der Waals surface area contributed by atoms with Crippen molar-refractivity contribution in [2.24, 2.45) is 5.92 Å². The van der Waals surface area contributed by atoms with Crippen molar-refractivity contribution in [3.8, 4) is 0 Å². The van der Waals surface area contributed by atoms with Crippen molar-refractivity contribution in [1.29, 1.82) is 0 Å². The fourth-order valence-electron chi connectivity index (χ4n) is 2.06. The maximum Gasteiger partial charge on any atom is 0.304 e. The topological polar surface area (TPSA) is 54.4 Å². The van der Waals surface area contributed by atoms with E-state index in [9.17, 15) is 9.59 Å². The summed E-state index contributed by atoms with van der Waals surface area (Å²) in [6, 6.07) is 7.44. The zero-order valence-electron chi connectivity index (χ0n) is 8.27. The van der Waals surface area contributed by atoms with Crippen LogP contribution < -0.4 is 0 Å². The minimum atomic E-state index is -0.896. The van der Waals surface area contributed by atoms with Crippen molar-refractivity contribution in [1.82, 2.24) is 0 Å². The van der Waals surface area contributed by atoms with Crippen LogP contribution in [-0.2, 0) is 11.2 Å². The first-order valence-electron chi connectivity index (χ1n) is 5.02. The molecule has 0 aliphatic heterocycles. The van der Waals surface area contributed by atoms with Crippen molar-refractivity contribution in [2.75, 3.05) is 0 Å². The predicted molar refractivity (Wildman–Crippen MR) is 54.8 cm³/mol. The van der Waals surface area contributed by atoms with Crippen LogP contribution in [0.3, 0.4) is 0 Å². The molecule has 0 bridgehead atoms. The number of carboxylic acid groups (broad SMARTS) is 1. The maximum absolute atomic E-state index is 11.9. The van der Waals surface area contributed by atoms with Crippen molar-refractivity contribution in [3.05, 3.63) is 35.4 Å². The third kappa shape index (κ3) is 1.91. The van der Waals surface area contributed by atoms with Crippen LogP contribution in [0.2, 0.25) is 0 Å². The highest BCUT2D eigenvalue weighted by Crippen LogP contribution is 2.27. The average molecular weight is 204 g/mol. The number of aliphatic carboxylic acids is 1. The van der Waals surface area contributed by atoms with Gasteiger partial charge in [0.05, 0.1) is 6.42 Å². The number of Topliss-reactive ketones (excluding diaryl/α,β-unsaturated/α-hetero) is 1. The van der Waals surface area contributed by atoms with Gasteiger partial charge in [0.25, 0.3) is 0 Å². The molecule has 1 atom stereocenters. The van der Waals surface area contributed by atoms with Gasteiger partial charge >= 0.3 is 5.97 Å². The Bertz CT molecular complexity index is 409. The number of ketones is 1. The fourth-order valence-corrected chi connectivity index (χ4v) is 2.06. The Morgan fingerprint density at radius 2 is 2.13 bits per heavy atom. The molecule has 0 fully saturated rings. The van der Waals surface area contributed by atoms with Gasteiger partial charge < -0.3 is 5.11 Å². The van der Waals surface area contributed by atoms with E-state index in [0.717, 1.165) is 12.0 Å². The molecule has 0 saturated carbocycles. The number of rotatable bonds is 2. The minimum absolute atomic E-state index is 0.0146. The summed E-state index contributed by atoms with van der Waals surface area (Å²) in [7, 11) is 0. The molecule has 3 heteroatoms. The van der Waals surface area contributed by atoms with Gasteiger partial charge in [0.15, 0.2) is 5.78 Å². The Labute approximate surface area is 87.7 Å². The fraction of sp³-hybridized carbons (Fsp3) is 0.333. The molecular weight excluding hydrogens is 192 g/mol. The van der Waals surface area contributed by atoms with Crippen LogP contribution >= 0.6 is 0 Å². The second-order valence-corrected chi connectivity index (χ2v) is 3.85. The highest BCUT2D eigenvalue weighted by atomic mass is 16.4. The van der Waals surface area contributed by atoms with Gasteiger partial charge in [-0.15, -0.1) is 0 Å². The van der Waals surface area contributed by atoms with E-state index in [2.05, 4.69) is 0 Å². The third-order valence-electron chi connectivity index (χ3n) is 2.84. The Morgan fingerprint density at radius 1 is 1.40 bits per heavy atom. The van der Waals surface area contributed by atoms with Gasteiger partial charge in [-0.25, -0.2) is 0 Å². The van der Waals surface area contributed by atoms with Crippen LogP contribution in [0.15, 0.2) is 24.3 Å². The summed E-state index contributed by atoms with van der Waals surface area (Å²) in [6.45, 7) is 0. The summed E-state index contributed by atoms with van der Waals surface area (Å²) in [6.07, 6.45) is 1.41. The molecule has 1 aliphatic rings. The average Bonchev–Trinajstić information content (AvgIpc) is 2.22. The molecule has 0 heterocycles. The first kappa shape index (κ1) is 9.90. The first-order valence-corrected chi connectivity index (χ1v) is 5.02. The molecule has 2 rings (SSSR count). The number of benzene rings is 1. The summed E-state index contributed by atoms with van der Waals surface area (Å²) in [5, 5.41) is 8.68. The Hall–Kier alpha value is -1.64. The van der Waals surface area contributed by atoms with Crippen molar-refractivity contribution in [2.45, 2.75) is 19.3 Å². The summed E-state index contributed by atoms with van der Waals surface area (Å²) < 4.78 is 0. The van der Waals surface area contributed by atoms with Gasteiger partial charge in [-0.3, -0.25) is 9.59 Å². The second-order valence-electron chi connectivity index (χ2n) is 3.85. The van der Waals surface area contributed by atoms with Crippen molar-refractivity contribution >= 4 is 11.8 Å². The molecule has 1 aliphatic carbocycles. The smallest absolute Gasteiger partial charge is 0.304 e. The van der Waals surface area contributed by atoms with Gasteiger partial charge in [-0.2, -0.15) is 0 Å². The molecule has 1 aromatic rings. The van der Waals surface area contributed by atoms with Crippen molar-refractivity contribution in [3.63, 3.8) is 0 Å². The normalized spacial score (nSPS) is 19.7. The molecule has 15 heavy (non-hydrogen) atoms.